The van der Waals surface area contributed by atoms with Crippen molar-refractivity contribution in [1.29, 1.82) is 0 Å². The topological polar surface area (TPSA) is 151 Å². The van der Waals surface area contributed by atoms with Crippen LogP contribution >= 0.6 is 0 Å². The molecule has 1 aromatic carbocycles. The smallest absolute Gasteiger partial charge is 0.341 e. The van der Waals surface area contributed by atoms with Crippen molar-refractivity contribution in [2.45, 2.75) is 13.5 Å². The predicted octanol–water partition coefficient (Wildman–Crippen LogP) is 3.12. The number of rotatable bonds is 6. The molecule has 0 atom stereocenters. The van der Waals surface area contributed by atoms with E-state index in [0.29, 0.717) is 11.4 Å². The molecule has 1 amide bonds. The molecule has 5 rings (SSSR count). The highest BCUT2D eigenvalue weighted by atomic mass is 16.6. The highest BCUT2D eigenvalue weighted by Crippen LogP contribution is 2.19. The van der Waals surface area contributed by atoms with Gasteiger partial charge in [0.25, 0.3) is 17.2 Å². The van der Waals surface area contributed by atoms with Crippen molar-refractivity contribution in [3.05, 3.63) is 116 Å². The monoisotopic (exact) mass is 513 g/mol. The number of carbonyl (C=O) groups excluding carboxylic acids is 2. The molecular weight excluding hydrogens is 494 g/mol. The molecule has 4 heterocycles. The molecular formula is C26H19N5O7. The standard InChI is InChI=1S/C26H19N5O7/c1-2-37-26(34)19-14-18-22(27-21-11-5-6-12-29(21)25(18)33)30(15-16-8-7-13-38-16)23(19)28-24(32)17-9-3-4-10-20(17)31(35)36/h3-14H,2,15H2,1H3. The van der Waals surface area contributed by atoms with Crippen LogP contribution < -0.4 is 11.0 Å². The maximum absolute atomic E-state index is 13.4. The number of nitrogens with zero attached hydrogens (tertiary/aromatic N) is 5. The minimum absolute atomic E-state index is 0.0154. The number of pyridine rings is 2. The Hall–Kier alpha value is -5.39. The summed E-state index contributed by atoms with van der Waals surface area (Å²) in [6.45, 7) is 1.56. The Bertz CT molecular complexity index is 1850. The average molecular weight is 513 g/mol. The van der Waals surface area contributed by atoms with Crippen molar-refractivity contribution >= 4 is 34.2 Å². The minimum Gasteiger partial charge on any atom is -0.467 e. The summed E-state index contributed by atoms with van der Waals surface area (Å²) in [5, 5.41) is 11.6. The molecule has 0 N–H and O–H groups in total. The number of fused-ring (bicyclic) bond motifs is 2. The van der Waals surface area contributed by atoms with Crippen molar-refractivity contribution in [2.24, 2.45) is 4.99 Å². The molecule has 0 saturated carbocycles. The van der Waals surface area contributed by atoms with Gasteiger partial charge in [0, 0.05) is 12.3 Å². The molecule has 0 aliphatic carbocycles. The lowest BCUT2D eigenvalue weighted by atomic mass is 10.1. The van der Waals surface area contributed by atoms with Gasteiger partial charge in [-0.2, -0.15) is 4.99 Å². The first-order valence-corrected chi connectivity index (χ1v) is 11.5. The van der Waals surface area contributed by atoms with Crippen molar-refractivity contribution < 1.29 is 23.7 Å². The zero-order chi connectivity index (χ0) is 26.8. The Morgan fingerprint density at radius 1 is 1.11 bits per heavy atom. The van der Waals surface area contributed by atoms with Crippen molar-refractivity contribution in [3.63, 3.8) is 0 Å². The number of hydrogen-bond donors (Lipinski definition) is 0. The first kappa shape index (κ1) is 24.3. The maximum atomic E-state index is 13.4. The van der Waals surface area contributed by atoms with Crippen molar-refractivity contribution in [1.82, 2.24) is 14.0 Å². The summed E-state index contributed by atoms with van der Waals surface area (Å²) in [6, 6.07) is 14.9. The number of hydrogen-bond acceptors (Lipinski definition) is 8. The predicted molar refractivity (Wildman–Crippen MR) is 134 cm³/mol. The van der Waals surface area contributed by atoms with E-state index in [-0.39, 0.29) is 40.8 Å². The second-order valence-corrected chi connectivity index (χ2v) is 8.04. The lowest BCUT2D eigenvalue weighted by molar-refractivity contribution is -0.385. The Balaban J connectivity index is 1.90. The number of esters is 1. The van der Waals surface area contributed by atoms with Gasteiger partial charge in [-0.05, 0) is 43.3 Å². The van der Waals surface area contributed by atoms with E-state index < -0.39 is 28.0 Å². The van der Waals surface area contributed by atoms with Gasteiger partial charge in [0.1, 0.15) is 28.2 Å². The summed E-state index contributed by atoms with van der Waals surface area (Å²) in [4.78, 5) is 59.4. The summed E-state index contributed by atoms with van der Waals surface area (Å²) in [7, 11) is 0. The van der Waals surface area contributed by atoms with Gasteiger partial charge in [-0.25, -0.2) is 9.78 Å². The number of ether oxygens (including phenoxy) is 1. The number of amides is 1. The van der Waals surface area contributed by atoms with Crippen LogP contribution in [0.1, 0.15) is 33.4 Å². The van der Waals surface area contributed by atoms with Crippen LogP contribution in [0.3, 0.4) is 0 Å². The molecule has 38 heavy (non-hydrogen) atoms. The van der Waals surface area contributed by atoms with Gasteiger partial charge in [-0.1, -0.05) is 18.2 Å². The molecule has 4 aromatic heterocycles. The third-order valence-corrected chi connectivity index (χ3v) is 5.72. The molecule has 0 radical (unpaired) electrons. The third kappa shape index (κ3) is 4.34. The average Bonchev–Trinajstić information content (AvgIpc) is 3.43. The second-order valence-electron chi connectivity index (χ2n) is 8.04. The Morgan fingerprint density at radius 3 is 2.63 bits per heavy atom. The van der Waals surface area contributed by atoms with Crippen LogP contribution in [0.2, 0.25) is 0 Å². The normalized spacial score (nSPS) is 11.7. The highest BCUT2D eigenvalue weighted by molar-refractivity contribution is 6.00. The van der Waals surface area contributed by atoms with E-state index >= 15 is 0 Å². The van der Waals surface area contributed by atoms with Crippen LogP contribution in [-0.2, 0) is 11.3 Å². The molecule has 0 bridgehead atoms. The van der Waals surface area contributed by atoms with E-state index in [1.54, 1.807) is 43.5 Å². The van der Waals surface area contributed by atoms with E-state index in [2.05, 4.69) is 9.98 Å². The minimum atomic E-state index is -0.965. The molecule has 0 unspecified atom stereocenters. The van der Waals surface area contributed by atoms with Crippen LogP contribution in [0.5, 0.6) is 0 Å². The van der Waals surface area contributed by atoms with Gasteiger partial charge in [-0.3, -0.25) is 24.1 Å². The van der Waals surface area contributed by atoms with E-state index in [4.69, 9.17) is 9.15 Å². The highest BCUT2D eigenvalue weighted by Gasteiger charge is 2.23. The van der Waals surface area contributed by atoms with Gasteiger partial charge < -0.3 is 13.7 Å². The SMILES string of the molecule is CCOC(=O)c1cc2c(=O)n3ccccc3nc2n(Cc2ccco2)c1=NC(=O)c1ccccc1[N+](=O)[O-]. The summed E-state index contributed by atoms with van der Waals surface area (Å²) in [5.41, 5.74) is -1.11. The summed E-state index contributed by atoms with van der Waals surface area (Å²) >= 11 is 0. The van der Waals surface area contributed by atoms with E-state index in [1.165, 1.54) is 45.6 Å². The Labute approximate surface area is 213 Å². The Kier molecular flexibility index (Phi) is 6.35. The molecule has 0 fully saturated rings. The molecule has 12 heteroatoms. The summed E-state index contributed by atoms with van der Waals surface area (Å²) in [5.74, 6) is -1.39. The zero-order valence-electron chi connectivity index (χ0n) is 19.9. The molecule has 0 spiro atoms. The number of nitro groups is 1. The van der Waals surface area contributed by atoms with Gasteiger partial charge in [0.05, 0.1) is 29.7 Å². The number of benzene rings is 1. The number of para-hydroxylation sites is 1. The van der Waals surface area contributed by atoms with Crippen LogP contribution in [-0.4, -0.2) is 37.4 Å². The molecule has 12 nitrogen and oxygen atoms in total. The van der Waals surface area contributed by atoms with Gasteiger partial charge in [-0.15, -0.1) is 0 Å². The fourth-order valence-electron chi connectivity index (χ4n) is 4.04. The number of aromatic nitrogens is 3. The third-order valence-electron chi connectivity index (χ3n) is 5.72. The summed E-state index contributed by atoms with van der Waals surface area (Å²) in [6.07, 6.45) is 2.99. The quantitative estimate of drug-likeness (QED) is 0.145. The van der Waals surface area contributed by atoms with Gasteiger partial charge in [0.2, 0.25) is 0 Å². The second kappa shape index (κ2) is 9.93. The first-order chi connectivity index (χ1) is 18.4. The van der Waals surface area contributed by atoms with Crippen LogP contribution in [0.15, 0.2) is 87.3 Å². The van der Waals surface area contributed by atoms with Crippen LogP contribution in [0.4, 0.5) is 5.69 Å². The largest absolute Gasteiger partial charge is 0.467 e. The number of carbonyl (C=O) groups is 2. The molecule has 0 aliphatic rings. The van der Waals surface area contributed by atoms with Crippen LogP contribution in [0.25, 0.3) is 16.7 Å². The van der Waals surface area contributed by atoms with Gasteiger partial charge >= 0.3 is 5.97 Å². The molecule has 5 aromatic rings. The lowest BCUT2D eigenvalue weighted by Gasteiger charge is -2.14. The first-order valence-electron chi connectivity index (χ1n) is 11.5. The summed E-state index contributed by atoms with van der Waals surface area (Å²) < 4.78 is 13.4. The maximum Gasteiger partial charge on any atom is 0.341 e. The zero-order valence-corrected chi connectivity index (χ0v) is 19.9. The number of nitro benzene ring substituents is 1. The number of furan rings is 1. The van der Waals surface area contributed by atoms with E-state index in [0.717, 1.165) is 0 Å². The molecule has 190 valence electrons. The fourth-order valence-corrected chi connectivity index (χ4v) is 4.04. The molecule has 0 aliphatic heterocycles. The molecule has 0 saturated heterocycles. The van der Waals surface area contributed by atoms with E-state index in [1.807, 2.05) is 0 Å². The fraction of sp³-hybridized carbons (Fsp3) is 0.115. The van der Waals surface area contributed by atoms with Crippen molar-refractivity contribution in [2.75, 3.05) is 6.61 Å². The van der Waals surface area contributed by atoms with E-state index in [9.17, 15) is 24.5 Å². The Morgan fingerprint density at radius 2 is 1.89 bits per heavy atom. The lowest BCUT2D eigenvalue weighted by Crippen LogP contribution is -2.33. The van der Waals surface area contributed by atoms with Crippen molar-refractivity contribution in [3.8, 4) is 0 Å². The van der Waals surface area contributed by atoms with Crippen LogP contribution in [0, 0.1) is 10.1 Å². The van der Waals surface area contributed by atoms with Gasteiger partial charge in [0.15, 0.2) is 5.49 Å².